The van der Waals surface area contributed by atoms with Crippen LogP contribution in [0, 0.1) is 6.92 Å². The summed E-state index contributed by atoms with van der Waals surface area (Å²) in [6.45, 7) is 4.87. The lowest BCUT2D eigenvalue weighted by atomic mass is 9.76. The number of hydrogen-bond donors (Lipinski definition) is 1. The zero-order chi connectivity index (χ0) is 25.0. The van der Waals surface area contributed by atoms with E-state index in [1.165, 1.54) is 5.56 Å². The van der Waals surface area contributed by atoms with Crippen LogP contribution in [0.15, 0.2) is 72.8 Å². The third-order valence-corrected chi connectivity index (χ3v) is 7.83. The number of fused-ring (bicyclic) bond motifs is 5. The van der Waals surface area contributed by atoms with Crippen molar-refractivity contribution in [1.82, 2.24) is 14.8 Å². The van der Waals surface area contributed by atoms with Crippen molar-refractivity contribution in [2.75, 3.05) is 20.2 Å². The standard InChI is InChI=1S/C30H29N3O3/c1-19-8-12-21(13-9-19)24-17-33-26(34)18-32(16-20-10-14-22(36-3)15-11-20)29(35)30(33,2)28-27(24)23-6-4-5-7-25(23)31-28/h4-15,24,31H,16-18H2,1-3H3/t24-,30-/m0/s1. The molecule has 0 spiro atoms. The average Bonchev–Trinajstić information content (AvgIpc) is 3.29. The number of benzene rings is 3. The molecule has 1 aromatic heterocycles. The molecule has 0 aliphatic carbocycles. The maximum atomic E-state index is 14.2. The molecule has 2 aliphatic heterocycles. The van der Waals surface area contributed by atoms with E-state index < -0.39 is 5.54 Å². The zero-order valence-corrected chi connectivity index (χ0v) is 20.7. The lowest BCUT2D eigenvalue weighted by Gasteiger charge is -2.51. The van der Waals surface area contributed by atoms with Gasteiger partial charge in [-0.2, -0.15) is 0 Å². The summed E-state index contributed by atoms with van der Waals surface area (Å²) in [5, 5.41) is 1.10. The molecule has 3 aromatic carbocycles. The van der Waals surface area contributed by atoms with Crippen LogP contribution >= 0.6 is 0 Å². The van der Waals surface area contributed by atoms with Crippen molar-refractivity contribution in [3.05, 3.63) is 101 Å². The molecule has 6 heteroatoms. The molecule has 6 rings (SSSR count). The molecule has 3 heterocycles. The first-order chi connectivity index (χ1) is 17.4. The van der Waals surface area contributed by atoms with Gasteiger partial charge in [-0.25, -0.2) is 0 Å². The number of carbonyl (C=O) groups is 2. The number of piperazine rings is 1. The highest BCUT2D eigenvalue weighted by Gasteiger charge is 2.56. The molecule has 1 saturated heterocycles. The molecule has 1 N–H and O–H groups in total. The lowest BCUT2D eigenvalue weighted by Crippen LogP contribution is -2.67. The van der Waals surface area contributed by atoms with Crippen LogP contribution in [0.5, 0.6) is 5.75 Å². The van der Waals surface area contributed by atoms with Gasteiger partial charge < -0.3 is 19.5 Å². The maximum Gasteiger partial charge on any atom is 0.255 e. The van der Waals surface area contributed by atoms with Gasteiger partial charge in [0.1, 0.15) is 12.3 Å². The Hall–Kier alpha value is -4.06. The molecule has 1 fully saturated rings. The molecular weight excluding hydrogens is 450 g/mol. The number of hydrogen-bond acceptors (Lipinski definition) is 3. The smallest absolute Gasteiger partial charge is 0.255 e. The van der Waals surface area contributed by atoms with Gasteiger partial charge in [0, 0.05) is 29.9 Å². The predicted octanol–water partition coefficient (Wildman–Crippen LogP) is 4.72. The number of nitrogens with zero attached hydrogens (tertiary/aromatic N) is 2. The van der Waals surface area contributed by atoms with Crippen LogP contribution < -0.4 is 4.74 Å². The van der Waals surface area contributed by atoms with Crippen molar-refractivity contribution in [2.45, 2.75) is 31.8 Å². The molecular formula is C30H29N3O3. The van der Waals surface area contributed by atoms with Gasteiger partial charge in [0.25, 0.3) is 5.91 Å². The van der Waals surface area contributed by atoms with Crippen LogP contribution in [-0.2, 0) is 21.7 Å². The van der Waals surface area contributed by atoms with Gasteiger partial charge in [-0.05, 0) is 48.7 Å². The van der Waals surface area contributed by atoms with Crippen LogP contribution in [-0.4, -0.2) is 46.8 Å². The maximum absolute atomic E-state index is 14.2. The van der Waals surface area contributed by atoms with Crippen molar-refractivity contribution < 1.29 is 14.3 Å². The Morgan fingerprint density at radius 2 is 1.72 bits per heavy atom. The number of methoxy groups -OCH3 is 1. The first kappa shape index (κ1) is 22.4. The Labute approximate surface area is 210 Å². The minimum absolute atomic E-state index is 0.0188. The molecule has 0 radical (unpaired) electrons. The van der Waals surface area contributed by atoms with Gasteiger partial charge in [-0.1, -0.05) is 60.2 Å². The Balaban J connectivity index is 1.46. The van der Waals surface area contributed by atoms with Gasteiger partial charge in [-0.15, -0.1) is 0 Å². The fourth-order valence-corrected chi connectivity index (χ4v) is 5.85. The second-order valence-electron chi connectivity index (χ2n) is 10.0. The average molecular weight is 480 g/mol. The summed E-state index contributed by atoms with van der Waals surface area (Å²) in [7, 11) is 1.63. The number of nitrogens with one attached hydrogen (secondary N) is 1. The summed E-state index contributed by atoms with van der Waals surface area (Å²) in [6.07, 6.45) is 0. The van der Waals surface area contributed by atoms with E-state index in [0.29, 0.717) is 13.1 Å². The molecule has 2 aliphatic rings. The first-order valence-corrected chi connectivity index (χ1v) is 12.3. The highest BCUT2D eigenvalue weighted by atomic mass is 16.5. The van der Waals surface area contributed by atoms with E-state index in [1.54, 1.807) is 16.9 Å². The number of aromatic nitrogens is 1. The predicted molar refractivity (Wildman–Crippen MR) is 139 cm³/mol. The van der Waals surface area contributed by atoms with E-state index in [-0.39, 0.29) is 24.3 Å². The van der Waals surface area contributed by atoms with E-state index in [9.17, 15) is 9.59 Å². The fraction of sp³-hybridized carbons (Fsp3) is 0.267. The summed E-state index contributed by atoms with van der Waals surface area (Å²) in [5.41, 5.74) is 5.11. The molecule has 2 atom stereocenters. The SMILES string of the molecule is COc1ccc(CN2CC(=O)N3C[C@@H](c4ccc(C)cc4)c4c([nH]c5ccccc45)[C@@]3(C)C2=O)cc1. The number of amides is 2. The number of rotatable bonds is 4. The second kappa shape index (κ2) is 8.26. The van der Waals surface area contributed by atoms with E-state index in [0.717, 1.165) is 39.0 Å². The molecule has 4 aromatic rings. The van der Waals surface area contributed by atoms with Crippen LogP contribution in [0.3, 0.4) is 0 Å². The lowest BCUT2D eigenvalue weighted by molar-refractivity contribution is -0.166. The molecule has 6 nitrogen and oxygen atoms in total. The molecule has 182 valence electrons. The minimum Gasteiger partial charge on any atom is -0.497 e. The monoisotopic (exact) mass is 479 g/mol. The number of aryl methyl sites for hydroxylation is 1. The van der Waals surface area contributed by atoms with Gasteiger partial charge in [-0.3, -0.25) is 9.59 Å². The van der Waals surface area contributed by atoms with Gasteiger partial charge in [0.05, 0.1) is 12.8 Å². The van der Waals surface area contributed by atoms with Crippen molar-refractivity contribution in [3.63, 3.8) is 0 Å². The minimum atomic E-state index is -1.10. The Kier molecular flexibility index (Phi) is 5.14. The molecule has 0 saturated carbocycles. The number of carbonyl (C=O) groups excluding carboxylic acids is 2. The Morgan fingerprint density at radius 3 is 2.44 bits per heavy atom. The number of aromatic amines is 1. The van der Waals surface area contributed by atoms with Crippen molar-refractivity contribution in [2.24, 2.45) is 0 Å². The number of H-pyrrole nitrogens is 1. The van der Waals surface area contributed by atoms with E-state index in [4.69, 9.17) is 4.74 Å². The van der Waals surface area contributed by atoms with Crippen LogP contribution in [0.2, 0.25) is 0 Å². The van der Waals surface area contributed by atoms with Crippen molar-refractivity contribution >= 4 is 22.7 Å². The molecule has 2 amide bonds. The van der Waals surface area contributed by atoms with Crippen LogP contribution in [0.1, 0.15) is 40.8 Å². The summed E-state index contributed by atoms with van der Waals surface area (Å²) in [5.74, 6) is 0.643. The number of para-hydroxylation sites is 1. The second-order valence-corrected chi connectivity index (χ2v) is 10.0. The van der Waals surface area contributed by atoms with E-state index in [2.05, 4.69) is 42.2 Å². The number of ether oxygens (including phenoxy) is 1. The first-order valence-electron chi connectivity index (χ1n) is 12.3. The van der Waals surface area contributed by atoms with E-state index >= 15 is 0 Å². The molecule has 36 heavy (non-hydrogen) atoms. The summed E-state index contributed by atoms with van der Waals surface area (Å²) in [4.78, 5) is 34.8. The third kappa shape index (κ3) is 3.32. The highest BCUT2D eigenvalue weighted by Crippen LogP contribution is 2.48. The summed E-state index contributed by atoms with van der Waals surface area (Å²) in [6, 6.07) is 24.3. The molecule has 0 unspecified atom stereocenters. The summed E-state index contributed by atoms with van der Waals surface area (Å²) < 4.78 is 5.26. The third-order valence-electron chi connectivity index (χ3n) is 7.83. The highest BCUT2D eigenvalue weighted by molar-refractivity contribution is 6.01. The largest absolute Gasteiger partial charge is 0.497 e. The molecule has 0 bridgehead atoms. The zero-order valence-electron chi connectivity index (χ0n) is 20.7. The van der Waals surface area contributed by atoms with Gasteiger partial charge in [0.15, 0.2) is 5.54 Å². The fourth-order valence-electron chi connectivity index (χ4n) is 5.85. The van der Waals surface area contributed by atoms with E-state index in [1.807, 2.05) is 49.4 Å². The van der Waals surface area contributed by atoms with Crippen LogP contribution in [0.4, 0.5) is 0 Å². The van der Waals surface area contributed by atoms with Gasteiger partial charge in [0.2, 0.25) is 5.91 Å². The topological polar surface area (TPSA) is 65.6 Å². The summed E-state index contributed by atoms with van der Waals surface area (Å²) >= 11 is 0. The Morgan fingerprint density at radius 1 is 1.00 bits per heavy atom. The Bertz CT molecular complexity index is 1470. The van der Waals surface area contributed by atoms with Crippen LogP contribution in [0.25, 0.3) is 10.9 Å². The van der Waals surface area contributed by atoms with Gasteiger partial charge >= 0.3 is 0 Å². The van der Waals surface area contributed by atoms with Crippen molar-refractivity contribution in [1.29, 1.82) is 0 Å². The quantitative estimate of drug-likeness (QED) is 0.461. The normalized spacial score (nSPS) is 21.5. The van der Waals surface area contributed by atoms with Crippen molar-refractivity contribution in [3.8, 4) is 5.75 Å².